The summed E-state index contributed by atoms with van der Waals surface area (Å²) in [6.45, 7) is 5.69. The number of nitro groups is 1. The maximum atomic E-state index is 12.6. The predicted octanol–water partition coefficient (Wildman–Crippen LogP) is 2.55. The molecular formula is C16H23N3O6S. The fourth-order valence-corrected chi connectivity index (χ4v) is 4.25. The van der Waals surface area contributed by atoms with Crippen LogP contribution in [-0.2, 0) is 14.6 Å². The molecule has 1 saturated heterocycles. The van der Waals surface area contributed by atoms with Gasteiger partial charge in [0.1, 0.15) is 11.8 Å². The van der Waals surface area contributed by atoms with Crippen molar-refractivity contribution in [3.05, 3.63) is 28.4 Å². The number of rotatable bonds is 4. The number of hydrogen-bond acceptors (Lipinski definition) is 7. The second-order valence-electron chi connectivity index (χ2n) is 7.22. The van der Waals surface area contributed by atoms with Crippen LogP contribution in [-0.4, -0.2) is 53.3 Å². The van der Waals surface area contributed by atoms with Crippen molar-refractivity contribution in [1.82, 2.24) is 9.88 Å². The molecule has 0 spiro atoms. The van der Waals surface area contributed by atoms with Gasteiger partial charge in [-0.25, -0.2) is 18.2 Å². The highest BCUT2D eigenvalue weighted by Gasteiger charge is 2.34. The third-order valence-corrected chi connectivity index (χ3v) is 5.62. The first kappa shape index (κ1) is 20.1. The van der Waals surface area contributed by atoms with Gasteiger partial charge in [-0.05, 0) is 46.1 Å². The standard InChI is InChI=1S/C16H23N3O6S/c1-16(2,3)25-15(20)18-9-5-4-6-13(18)11-26(23,24)14-8-7-12(10-17-14)19(21)22/h7-8,10,13H,4-6,9,11H2,1-3H3. The molecule has 2 rings (SSSR count). The number of aromatic nitrogens is 1. The molecule has 1 aliphatic heterocycles. The van der Waals surface area contributed by atoms with E-state index in [2.05, 4.69) is 4.98 Å². The van der Waals surface area contributed by atoms with E-state index in [1.807, 2.05) is 0 Å². The first-order valence-electron chi connectivity index (χ1n) is 8.32. The number of nitrogens with zero attached hydrogens (tertiary/aromatic N) is 3. The second-order valence-corrected chi connectivity index (χ2v) is 9.20. The molecule has 10 heteroatoms. The lowest BCUT2D eigenvalue weighted by Gasteiger charge is -2.36. The van der Waals surface area contributed by atoms with Crippen LogP contribution in [0.1, 0.15) is 40.0 Å². The zero-order chi connectivity index (χ0) is 19.5. The smallest absolute Gasteiger partial charge is 0.410 e. The molecule has 0 aliphatic carbocycles. The van der Waals surface area contributed by atoms with Gasteiger partial charge in [0.05, 0.1) is 10.7 Å². The average molecular weight is 385 g/mol. The largest absolute Gasteiger partial charge is 0.444 e. The molecule has 1 unspecified atom stereocenters. The summed E-state index contributed by atoms with van der Waals surface area (Å²) >= 11 is 0. The van der Waals surface area contributed by atoms with Crippen molar-refractivity contribution in [2.75, 3.05) is 12.3 Å². The van der Waals surface area contributed by atoms with Gasteiger partial charge in [0.15, 0.2) is 14.9 Å². The molecule has 0 saturated carbocycles. The van der Waals surface area contributed by atoms with E-state index in [0.29, 0.717) is 13.0 Å². The minimum atomic E-state index is -3.80. The van der Waals surface area contributed by atoms with Gasteiger partial charge in [-0.15, -0.1) is 0 Å². The quantitative estimate of drug-likeness (QED) is 0.577. The Hall–Kier alpha value is -2.23. The SMILES string of the molecule is CC(C)(C)OC(=O)N1CCCCC1CS(=O)(=O)c1ccc([N+](=O)[O-])cn1. The van der Waals surface area contributed by atoms with Gasteiger partial charge in [-0.1, -0.05) is 0 Å². The van der Waals surface area contributed by atoms with E-state index in [0.717, 1.165) is 31.2 Å². The number of amides is 1. The molecule has 1 amide bonds. The normalized spacial score (nSPS) is 18.4. The minimum Gasteiger partial charge on any atom is -0.444 e. The van der Waals surface area contributed by atoms with Crippen LogP contribution in [0.3, 0.4) is 0 Å². The molecule has 0 aromatic carbocycles. The summed E-state index contributed by atoms with van der Waals surface area (Å²) in [5.74, 6) is -0.295. The van der Waals surface area contributed by atoms with E-state index >= 15 is 0 Å². The predicted molar refractivity (Wildman–Crippen MR) is 93.5 cm³/mol. The molecule has 1 aliphatic rings. The highest BCUT2D eigenvalue weighted by Crippen LogP contribution is 2.24. The Balaban J connectivity index is 2.17. The summed E-state index contributed by atoms with van der Waals surface area (Å²) < 4.78 is 30.6. The Morgan fingerprint density at radius 2 is 2.08 bits per heavy atom. The summed E-state index contributed by atoms with van der Waals surface area (Å²) in [6.07, 6.45) is 2.53. The molecular weight excluding hydrogens is 362 g/mol. The fraction of sp³-hybridized carbons (Fsp3) is 0.625. The van der Waals surface area contributed by atoms with Crippen molar-refractivity contribution >= 4 is 21.6 Å². The van der Waals surface area contributed by atoms with Gasteiger partial charge >= 0.3 is 6.09 Å². The summed E-state index contributed by atoms with van der Waals surface area (Å²) in [7, 11) is -3.80. The molecule has 144 valence electrons. The molecule has 1 atom stereocenters. The lowest BCUT2D eigenvalue weighted by Crippen LogP contribution is -2.48. The van der Waals surface area contributed by atoms with Gasteiger partial charge in [-0.2, -0.15) is 0 Å². The topological polar surface area (TPSA) is 120 Å². The number of carbonyl (C=O) groups excluding carboxylic acids is 1. The first-order valence-corrected chi connectivity index (χ1v) is 9.98. The monoisotopic (exact) mass is 385 g/mol. The third-order valence-electron chi connectivity index (χ3n) is 3.92. The minimum absolute atomic E-state index is 0.238. The second kappa shape index (κ2) is 7.56. The van der Waals surface area contributed by atoms with E-state index in [4.69, 9.17) is 4.74 Å². The molecule has 0 bridgehead atoms. The Morgan fingerprint density at radius 3 is 2.62 bits per heavy atom. The number of pyridine rings is 1. The third kappa shape index (κ3) is 5.13. The van der Waals surface area contributed by atoms with Gasteiger partial charge in [0, 0.05) is 18.7 Å². The average Bonchev–Trinajstić information content (AvgIpc) is 2.53. The highest BCUT2D eigenvalue weighted by molar-refractivity contribution is 7.91. The van der Waals surface area contributed by atoms with Gasteiger partial charge < -0.3 is 9.64 Å². The van der Waals surface area contributed by atoms with Crippen molar-refractivity contribution in [3.63, 3.8) is 0 Å². The lowest BCUT2D eigenvalue weighted by molar-refractivity contribution is -0.385. The van der Waals surface area contributed by atoms with E-state index < -0.39 is 32.5 Å². The fourth-order valence-electron chi connectivity index (χ4n) is 2.74. The maximum Gasteiger partial charge on any atom is 0.410 e. The van der Waals surface area contributed by atoms with E-state index in [-0.39, 0.29) is 16.5 Å². The molecule has 0 N–H and O–H groups in total. The Bertz CT molecular complexity index is 770. The number of likely N-dealkylation sites (tertiary alicyclic amines) is 1. The van der Waals surface area contributed by atoms with E-state index in [1.54, 1.807) is 20.8 Å². The molecule has 9 nitrogen and oxygen atoms in total. The van der Waals surface area contributed by atoms with E-state index in [9.17, 15) is 23.3 Å². The van der Waals surface area contributed by atoms with Crippen LogP contribution in [0.15, 0.2) is 23.4 Å². The summed E-state index contributed by atoms with van der Waals surface area (Å²) in [5.41, 5.74) is -0.949. The van der Waals surface area contributed by atoms with Crippen molar-refractivity contribution in [2.24, 2.45) is 0 Å². The van der Waals surface area contributed by atoms with Crippen molar-refractivity contribution in [1.29, 1.82) is 0 Å². The number of sulfone groups is 1. The molecule has 2 heterocycles. The van der Waals surface area contributed by atoms with Crippen LogP contribution in [0.25, 0.3) is 0 Å². The lowest BCUT2D eigenvalue weighted by atomic mass is 10.0. The van der Waals surface area contributed by atoms with Crippen molar-refractivity contribution < 1.29 is 22.9 Å². The molecule has 26 heavy (non-hydrogen) atoms. The van der Waals surface area contributed by atoms with Crippen LogP contribution in [0, 0.1) is 10.1 Å². The zero-order valence-corrected chi connectivity index (χ0v) is 15.9. The van der Waals surface area contributed by atoms with Crippen molar-refractivity contribution in [3.8, 4) is 0 Å². The Morgan fingerprint density at radius 1 is 1.38 bits per heavy atom. The van der Waals surface area contributed by atoms with Crippen LogP contribution < -0.4 is 0 Å². The van der Waals surface area contributed by atoms with Crippen LogP contribution in [0.4, 0.5) is 10.5 Å². The summed E-state index contributed by atoms with van der Waals surface area (Å²) in [4.78, 5) is 27.6. The van der Waals surface area contributed by atoms with Gasteiger partial charge in [0.25, 0.3) is 5.69 Å². The Kier molecular flexibility index (Phi) is 5.84. The molecule has 1 fully saturated rings. The van der Waals surface area contributed by atoms with E-state index in [1.165, 1.54) is 4.90 Å². The molecule has 0 radical (unpaired) electrons. The number of carbonyl (C=O) groups is 1. The molecule has 1 aromatic heterocycles. The number of piperidine rings is 1. The first-order chi connectivity index (χ1) is 12.0. The van der Waals surface area contributed by atoms with Crippen LogP contribution in [0.2, 0.25) is 0 Å². The number of hydrogen-bond donors (Lipinski definition) is 0. The van der Waals surface area contributed by atoms with Gasteiger partial charge in [-0.3, -0.25) is 10.1 Å². The van der Waals surface area contributed by atoms with Crippen LogP contribution in [0.5, 0.6) is 0 Å². The van der Waals surface area contributed by atoms with Crippen LogP contribution >= 0.6 is 0 Å². The highest BCUT2D eigenvalue weighted by atomic mass is 32.2. The molecule has 1 aromatic rings. The summed E-state index contributed by atoms with van der Waals surface area (Å²) in [5, 5.41) is 10.4. The maximum absolute atomic E-state index is 12.6. The zero-order valence-electron chi connectivity index (χ0n) is 15.0. The summed E-state index contributed by atoms with van der Waals surface area (Å²) in [6, 6.07) is 1.71. The van der Waals surface area contributed by atoms with Gasteiger partial charge in [0.2, 0.25) is 0 Å². The van der Waals surface area contributed by atoms with Crippen molar-refractivity contribution in [2.45, 2.75) is 56.7 Å². The Labute approximate surface area is 152 Å². The number of ether oxygens (including phenoxy) is 1.